The van der Waals surface area contributed by atoms with Gasteiger partial charge in [0, 0.05) is 17.7 Å². The van der Waals surface area contributed by atoms with E-state index in [0.29, 0.717) is 17.7 Å². The summed E-state index contributed by atoms with van der Waals surface area (Å²) in [6.07, 6.45) is 4.65. The molecule has 1 aliphatic rings. The lowest BCUT2D eigenvalue weighted by atomic mass is 10.0. The number of nitrogens with zero attached hydrogens (tertiary/aromatic N) is 1. The molecule has 0 aliphatic carbocycles. The lowest BCUT2D eigenvalue weighted by Crippen LogP contribution is -2.34. The summed E-state index contributed by atoms with van der Waals surface area (Å²) < 4.78 is 30.4. The molecule has 0 bridgehead atoms. The van der Waals surface area contributed by atoms with Crippen molar-refractivity contribution in [1.82, 2.24) is 0 Å². The van der Waals surface area contributed by atoms with Crippen molar-refractivity contribution in [3.8, 4) is 0 Å². The van der Waals surface area contributed by atoms with E-state index in [1.807, 2.05) is 38.1 Å². The van der Waals surface area contributed by atoms with Gasteiger partial charge in [0.05, 0.1) is 11.9 Å². The molecule has 29 heavy (non-hydrogen) atoms. The molecule has 0 radical (unpaired) electrons. The minimum Gasteiger partial charge on any atom is -0.454 e. The average molecular weight is 413 g/mol. The van der Waals surface area contributed by atoms with Crippen LogP contribution in [0.25, 0.3) is 6.08 Å². The topological polar surface area (TPSA) is 80.8 Å². The van der Waals surface area contributed by atoms with Gasteiger partial charge in [0.2, 0.25) is 10.0 Å². The summed E-state index contributed by atoms with van der Waals surface area (Å²) in [6, 6.07) is 12.3. The maximum Gasteiger partial charge on any atom is 0.331 e. The number of benzene rings is 2. The Labute approximate surface area is 170 Å². The summed E-state index contributed by atoms with van der Waals surface area (Å²) >= 11 is 0. The average Bonchev–Trinajstić information content (AvgIpc) is 3.00. The smallest absolute Gasteiger partial charge is 0.331 e. The third-order valence-electron chi connectivity index (χ3n) is 4.84. The first-order valence-electron chi connectivity index (χ1n) is 9.23. The highest BCUT2D eigenvalue weighted by atomic mass is 32.2. The molecule has 2 aromatic rings. The fraction of sp³-hybridized carbons (Fsp3) is 0.273. The Kier molecular flexibility index (Phi) is 5.88. The second kappa shape index (κ2) is 8.21. The number of esters is 1. The van der Waals surface area contributed by atoms with Gasteiger partial charge in [0.25, 0.3) is 0 Å². The number of hydrogen-bond acceptors (Lipinski definition) is 5. The molecule has 0 saturated heterocycles. The lowest BCUT2D eigenvalue weighted by Gasteiger charge is -2.21. The molecular formula is C22H23NO5S. The molecule has 7 heteroatoms. The van der Waals surface area contributed by atoms with E-state index in [9.17, 15) is 18.0 Å². The number of ether oxygens (including phenoxy) is 1. The van der Waals surface area contributed by atoms with Crippen molar-refractivity contribution in [2.75, 3.05) is 17.2 Å². The predicted molar refractivity (Wildman–Crippen MR) is 112 cm³/mol. The van der Waals surface area contributed by atoms with Crippen molar-refractivity contribution in [2.24, 2.45) is 0 Å². The first-order chi connectivity index (χ1) is 13.7. The largest absolute Gasteiger partial charge is 0.454 e. The summed E-state index contributed by atoms with van der Waals surface area (Å²) in [7, 11) is -3.38. The van der Waals surface area contributed by atoms with Gasteiger partial charge in [-0.1, -0.05) is 24.3 Å². The Morgan fingerprint density at radius 3 is 2.62 bits per heavy atom. The Bertz CT molecular complexity index is 1090. The van der Waals surface area contributed by atoms with E-state index in [2.05, 4.69) is 0 Å². The van der Waals surface area contributed by atoms with Crippen molar-refractivity contribution in [3.05, 3.63) is 70.8 Å². The number of Topliss-reactive ketones (excluding diaryl/α,β-unsaturated/α-hetero) is 1. The first-order valence-corrected chi connectivity index (χ1v) is 11.1. The zero-order valence-electron chi connectivity index (χ0n) is 16.6. The maximum atomic E-state index is 12.4. The van der Waals surface area contributed by atoms with E-state index in [-0.39, 0.29) is 18.4 Å². The van der Waals surface area contributed by atoms with Gasteiger partial charge in [-0.15, -0.1) is 0 Å². The number of sulfonamides is 1. The van der Waals surface area contributed by atoms with Gasteiger partial charge in [-0.2, -0.15) is 0 Å². The van der Waals surface area contributed by atoms with E-state index >= 15 is 0 Å². The number of carbonyl (C=O) groups is 2. The summed E-state index contributed by atoms with van der Waals surface area (Å²) in [6.45, 7) is 3.39. The van der Waals surface area contributed by atoms with Gasteiger partial charge in [-0.05, 0) is 61.2 Å². The molecule has 1 atom stereocenters. The van der Waals surface area contributed by atoms with Gasteiger partial charge in [-0.25, -0.2) is 13.2 Å². The van der Waals surface area contributed by atoms with Crippen LogP contribution in [-0.2, 0) is 26.0 Å². The van der Waals surface area contributed by atoms with Crippen LogP contribution in [0.1, 0.15) is 34.0 Å². The highest BCUT2D eigenvalue weighted by molar-refractivity contribution is 7.92. The molecule has 152 valence electrons. The first kappa shape index (κ1) is 20.8. The molecule has 1 aliphatic heterocycles. The summed E-state index contributed by atoms with van der Waals surface area (Å²) in [5.41, 5.74) is 3.71. The van der Waals surface area contributed by atoms with Crippen LogP contribution in [0.15, 0.2) is 48.5 Å². The number of rotatable bonds is 6. The van der Waals surface area contributed by atoms with E-state index in [1.54, 1.807) is 24.3 Å². The van der Waals surface area contributed by atoms with Crippen molar-refractivity contribution < 1.29 is 22.7 Å². The van der Waals surface area contributed by atoms with Crippen LogP contribution in [0.5, 0.6) is 0 Å². The number of ketones is 1. The lowest BCUT2D eigenvalue weighted by molar-refractivity contribution is -0.136. The fourth-order valence-electron chi connectivity index (χ4n) is 3.48. The van der Waals surface area contributed by atoms with Gasteiger partial charge < -0.3 is 4.74 Å². The molecule has 0 amide bonds. The van der Waals surface area contributed by atoms with E-state index in [1.165, 1.54) is 16.6 Å². The third kappa shape index (κ3) is 4.74. The van der Waals surface area contributed by atoms with Gasteiger partial charge in [0.15, 0.2) is 12.4 Å². The second-order valence-corrected chi connectivity index (χ2v) is 9.04. The normalized spacial score (nSPS) is 16.1. The second-order valence-electron chi connectivity index (χ2n) is 7.18. The molecule has 0 aromatic heterocycles. The van der Waals surface area contributed by atoms with Crippen molar-refractivity contribution >= 4 is 33.5 Å². The number of hydrogen-bond donors (Lipinski definition) is 0. The van der Waals surface area contributed by atoms with Crippen molar-refractivity contribution in [2.45, 2.75) is 26.3 Å². The van der Waals surface area contributed by atoms with E-state index in [0.717, 1.165) is 16.7 Å². The minimum atomic E-state index is -3.38. The van der Waals surface area contributed by atoms with Crippen LogP contribution in [0.2, 0.25) is 0 Å². The van der Waals surface area contributed by atoms with Crippen LogP contribution < -0.4 is 4.31 Å². The molecular weight excluding hydrogens is 390 g/mol. The highest BCUT2D eigenvalue weighted by Crippen LogP contribution is 2.34. The predicted octanol–water partition coefficient (Wildman–Crippen LogP) is 3.14. The molecule has 0 spiro atoms. The molecule has 2 aromatic carbocycles. The Balaban J connectivity index is 1.64. The van der Waals surface area contributed by atoms with Gasteiger partial charge in [-0.3, -0.25) is 9.10 Å². The molecule has 0 N–H and O–H groups in total. The van der Waals surface area contributed by atoms with Crippen LogP contribution >= 0.6 is 0 Å². The Morgan fingerprint density at radius 1 is 1.21 bits per heavy atom. The number of fused-ring (bicyclic) bond motifs is 1. The zero-order valence-corrected chi connectivity index (χ0v) is 17.4. The molecule has 1 heterocycles. The van der Waals surface area contributed by atoms with Crippen LogP contribution in [0, 0.1) is 6.92 Å². The number of anilines is 1. The maximum absolute atomic E-state index is 12.4. The van der Waals surface area contributed by atoms with Gasteiger partial charge in [0.1, 0.15) is 0 Å². The summed E-state index contributed by atoms with van der Waals surface area (Å²) in [4.78, 5) is 24.3. The van der Waals surface area contributed by atoms with Crippen molar-refractivity contribution in [1.29, 1.82) is 0 Å². The molecule has 3 rings (SSSR count). The van der Waals surface area contributed by atoms with Crippen LogP contribution in [0.3, 0.4) is 0 Å². The minimum absolute atomic E-state index is 0.199. The van der Waals surface area contributed by atoms with Crippen LogP contribution in [0.4, 0.5) is 5.69 Å². The monoisotopic (exact) mass is 413 g/mol. The fourth-order valence-corrected chi connectivity index (χ4v) is 4.74. The Morgan fingerprint density at radius 2 is 1.93 bits per heavy atom. The quantitative estimate of drug-likeness (QED) is 0.413. The van der Waals surface area contributed by atoms with Crippen LogP contribution in [-0.4, -0.2) is 39.1 Å². The summed E-state index contributed by atoms with van der Waals surface area (Å²) in [5, 5.41) is 0. The summed E-state index contributed by atoms with van der Waals surface area (Å²) in [5.74, 6) is -0.935. The highest BCUT2D eigenvalue weighted by Gasteiger charge is 2.32. The molecule has 0 unspecified atom stereocenters. The molecule has 6 nitrogen and oxygen atoms in total. The molecule has 0 fully saturated rings. The molecule has 0 saturated carbocycles. The zero-order chi connectivity index (χ0) is 21.2. The number of carbonyl (C=O) groups excluding carboxylic acids is 2. The van der Waals surface area contributed by atoms with Gasteiger partial charge >= 0.3 is 5.97 Å². The number of aryl methyl sites for hydroxylation is 1. The third-order valence-corrected chi connectivity index (χ3v) is 6.12. The van der Waals surface area contributed by atoms with E-state index in [4.69, 9.17) is 4.74 Å². The standard InChI is InChI=1S/C22H23NO5S/c1-15-6-4-5-7-17(15)9-11-22(25)28-14-21(24)18-8-10-20-19(13-18)12-16(2)23(20)29(3,26)27/h4-11,13,16H,12,14H2,1-3H3/b11-9+/t16-/m1/s1. The van der Waals surface area contributed by atoms with E-state index < -0.39 is 16.0 Å². The van der Waals surface area contributed by atoms with Crippen molar-refractivity contribution in [3.63, 3.8) is 0 Å². The Hall–Kier alpha value is -2.93. The SMILES string of the molecule is Cc1ccccc1/C=C/C(=O)OCC(=O)c1ccc2c(c1)C[C@@H](C)N2S(C)(=O)=O.